The molecule has 16 heavy (non-hydrogen) atoms. The van der Waals surface area contributed by atoms with Crippen molar-refractivity contribution in [1.29, 1.82) is 5.26 Å². The molecule has 0 aliphatic carbocycles. The van der Waals surface area contributed by atoms with Crippen molar-refractivity contribution in [3.63, 3.8) is 0 Å². The Morgan fingerprint density at radius 3 is 2.69 bits per heavy atom. The molecule has 0 spiro atoms. The Balaban J connectivity index is 2.76. The van der Waals surface area contributed by atoms with Crippen LogP contribution in [0.5, 0.6) is 0 Å². The third kappa shape index (κ3) is 1.37. The van der Waals surface area contributed by atoms with Crippen molar-refractivity contribution < 1.29 is 0 Å². The summed E-state index contributed by atoms with van der Waals surface area (Å²) in [5, 5.41) is 24.3. The Morgan fingerprint density at radius 1 is 1.31 bits per heavy atom. The van der Waals surface area contributed by atoms with Gasteiger partial charge in [0.15, 0.2) is 11.3 Å². The van der Waals surface area contributed by atoms with Gasteiger partial charge in [-0.25, -0.2) is 0 Å². The van der Waals surface area contributed by atoms with Gasteiger partial charge < -0.3 is 5.32 Å². The van der Waals surface area contributed by atoms with E-state index in [1.165, 1.54) is 0 Å². The zero-order valence-electron chi connectivity index (χ0n) is 9.44. The number of anilines is 1. The second-order valence-electron chi connectivity index (χ2n) is 3.50. The fraction of sp³-hybridized carbons (Fsp3) is 0.400. The van der Waals surface area contributed by atoms with Crippen LogP contribution in [0.1, 0.15) is 23.7 Å². The number of nitriles is 1. The van der Waals surface area contributed by atoms with Crippen LogP contribution < -0.4 is 5.32 Å². The highest BCUT2D eigenvalue weighted by Crippen LogP contribution is 2.16. The van der Waals surface area contributed by atoms with E-state index in [0.29, 0.717) is 17.3 Å². The van der Waals surface area contributed by atoms with Gasteiger partial charge in [-0.1, -0.05) is 0 Å². The van der Waals surface area contributed by atoms with E-state index in [1.807, 2.05) is 20.8 Å². The summed E-state index contributed by atoms with van der Waals surface area (Å²) in [7, 11) is 0. The Kier molecular flexibility index (Phi) is 2.44. The molecular weight excluding hydrogens is 204 g/mol. The predicted octanol–water partition coefficient (Wildman–Crippen LogP) is 1.04. The first-order valence-corrected chi connectivity index (χ1v) is 5.05. The van der Waals surface area contributed by atoms with Crippen LogP contribution in [-0.4, -0.2) is 26.4 Å². The summed E-state index contributed by atoms with van der Waals surface area (Å²) >= 11 is 0. The van der Waals surface area contributed by atoms with Gasteiger partial charge in [-0.3, -0.25) is 0 Å². The number of nitrogens with one attached hydrogen (secondary N) is 1. The average molecular weight is 216 g/mol. The number of nitrogens with zero attached hydrogens (tertiary/aromatic N) is 5. The van der Waals surface area contributed by atoms with Crippen molar-refractivity contribution in [1.82, 2.24) is 19.8 Å². The van der Waals surface area contributed by atoms with Gasteiger partial charge >= 0.3 is 0 Å². The lowest BCUT2D eigenvalue weighted by molar-refractivity contribution is 0.892. The molecule has 0 bridgehead atoms. The van der Waals surface area contributed by atoms with Gasteiger partial charge in [0.2, 0.25) is 5.95 Å². The third-order valence-electron chi connectivity index (χ3n) is 2.53. The van der Waals surface area contributed by atoms with E-state index in [1.54, 1.807) is 4.52 Å². The highest BCUT2D eigenvalue weighted by molar-refractivity contribution is 5.55. The fourth-order valence-electron chi connectivity index (χ4n) is 1.50. The van der Waals surface area contributed by atoms with Gasteiger partial charge in [0.1, 0.15) is 6.07 Å². The lowest BCUT2D eigenvalue weighted by Gasteiger charge is -2.04. The average Bonchev–Trinajstić information content (AvgIpc) is 2.67. The first-order valence-electron chi connectivity index (χ1n) is 5.05. The maximum absolute atomic E-state index is 8.97. The molecule has 0 aliphatic rings. The van der Waals surface area contributed by atoms with Crippen molar-refractivity contribution in [3.8, 4) is 6.07 Å². The number of hydrogen-bond donors (Lipinski definition) is 1. The van der Waals surface area contributed by atoms with Crippen molar-refractivity contribution in [2.75, 3.05) is 11.9 Å². The first kappa shape index (κ1) is 10.4. The highest BCUT2D eigenvalue weighted by atomic mass is 15.4. The summed E-state index contributed by atoms with van der Waals surface area (Å²) < 4.78 is 1.57. The van der Waals surface area contributed by atoms with Gasteiger partial charge in [-0.05, 0) is 26.3 Å². The van der Waals surface area contributed by atoms with Gasteiger partial charge in [-0.15, -0.1) is 10.2 Å². The minimum atomic E-state index is 0.406. The van der Waals surface area contributed by atoms with Crippen LogP contribution in [0, 0.1) is 25.2 Å². The minimum absolute atomic E-state index is 0.406. The van der Waals surface area contributed by atoms with E-state index in [0.717, 1.165) is 17.7 Å². The van der Waals surface area contributed by atoms with Crippen LogP contribution in [-0.2, 0) is 0 Å². The van der Waals surface area contributed by atoms with E-state index >= 15 is 0 Å². The molecule has 0 saturated heterocycles. The number of fused-ring (bicyclic) bond motifs is 1. The monoisotopic (exact) mass is 216 g/mol. The van der Waals surface area contributed by atoms with Crippen LogP contribution in [0.15, 0.2) is 0 Å². The summed E-state index contributed by atoms with van der Waals surface area (Å²) in [6, 6.07) is 2.07. The molecule has 0 saturated carbocycles. The summed E-state index contributed by atoms with van der Waals surface area (Å²) in [4.78, 5) is 0. The second kappa shape index (κ2) is 3.77. The van der Waals surface area contributed by atoms with E-state index in [4.69, 9.17) is 5.26 Å². The number of aromatic nitrogens is 4. The summed E-state index contributed by atoms with van der Waals surface area (Å²) in [5.74, 6) is 0.567. The Hall–Kier alpha value is -2.16. The molecule has 6 nitrogen and oxygen atoms in total. The quantitative estimate of drug-likeness (QED) is 0.811. The second-order valence-corrected chi connectivity index (χ2v) is 3.50. The fourth-order valence-corrected chi connectivity index (χ4v) is 1.50. The van der Waals surface area contributed by atoms with E-state index < -0.39 is 0 Å². The summed E-state index contributed by atoms with van der Waals surface area (Å²) in [6.07, 6.45) is 0. The standard InChI is InChI=1S/C10H12N6/c1-4-12-10-14-13-9-7(3)6(2)8(5-11)15-16(9)10/h4H2,1-3H3,(H,12,14). The maximum Gasteiger partial charge on any atom is 0.246 e. The van der Waals surface area contributed by atoms with Gasteiger partial charge in [0.05, 0.1) is 0 Å². The zero-order chi connectivity index (χ0) is 11.7. The van der Waals surface area contributed by atoms with Crippen LogP contribution in [0.2, 0.25) is 0 Å². The number of hydrogen-bond acceptors (Lipinski definition) is 5. The molecule has 0 aliphatic heterocycles. The molecule has 1 N–H and O–H groups in total. The van der Waals surface area contributed by atoms with Crippen LogP contribution in [0.3, 0.4) is 0 Å². The molecule has 0 amide bonds. The molecule has 2 rings (SSSR count). The van der Waals surface area contributed by atoms with E-state index in [-0.39, 0.29) is 0 Å². The smallest absolute Gasteiger partial charge is 0.246 e. The largest absolute Gasteiger partial charge is 0.353 e. The number of rotatable bonds is 2. The van der Waals surface area contributed by atoms with Gasteiger partial charge in [0, 0.05) is 12.1 Å². The molecule has 2 aromatic rings. The first-order chi connectivity index (χ1) is 7.69. The zero-order valence-corrected chi connectivity index (χ0v) is 9.44. The van der Waals surface area contributed by atoms with Crippen LogP contribution in [0.4, 0.5) is 5.95 Å². The van der Waals surface area contributed by atoms with Crippen molar-refractivity contribution >= 4 is 11.6 Å². The lowest BCUT2D eigenvalue weighted by atomic mass is 10.1. The molecule has 82 valence electrons. The SMILES string of the molecule is CCNc1nnc2c(C)c(C)c(C#N)nn12. The molecule has 0 aromatic carbocycles. The van der Waals surface area contributed by atoms with Crippen molar-refractivity contribution in [2.24, 2.45) is 0 Å². The predicted molar refractivity (Wildman–Crippen MR) is 59.1 cm³/mol. The van der Waals surface area contributed by atoms with Crippen molar-refractivity contribution in [2.45, 2.75) is 20.8 Å². The molecule has 0 fully saturated rings. The third-order valence-corrected chi connectivity index (χ3v) is 2.53. The molecule has 2 aromatic heterocycles. The maximum atomic E-state index is 8.97. The Morgan fingerprint density at radius 2 is 2.06 bits per heavy atom. The molecule has 0 radical (unpaired) electrons. The highest BCUT2D eigenvalue weighted by Gasteiger charge is 2.13. The van der Waals surface area contributed by atoms with Gasteiger partial charge in [-0.2, -0.15) is 14.9 Å². The summed E-state index contributed by atoms with van der Waals surface area (Å²) in [6.45, 7) is 6.48. The minimum Gasteiger partial charge on any atom is -0.353 e. The number of aryl methyl sites for hydroxylation is 1. The van der Waals surface area contributed by atoms with Crippen LogP contribution in [0.25, 0.3) is 5.65 Å². The normalized spacial score (nSPS) is 10.4. The molecule has 0 unspecified atom stereocenters. The van der Waals surface area contributed by atoms with Crippen molar-refractivity contribution in [3.05, 3.63) is 16.8 Å². The summed E-state index contributed by atoms with van der Waals surface area (Å²) in [5.41, 5.74) is 2.88. The molecule has 6 heteroatoms. The Bertz CT molecular complexity index is 577. The molecular formula is C10H12N6. The van der Waals surface area contributed by atoms with Crippen LogP contribution >= 0.6 is 0 Å². The molecule has 2 heterocycles. The topological polar surface area (TPSA) is 78.9 Å². The van der Waals surface area contributed by atoms with Gasteiger partial charge in [0.25, 0.3) is 0 Å². The lowest BCUT2D eigenvalue weighted by Crippen LogP contribution is -2.07. The Labute approximate surface area is 92.9 Å². The molecule has 0 atom stereocenters. The van der Waals surface area contributed by atoms with E-state index in [2.05, 4.69) is 26.7 Å². The van der Waals surface area contributed by atoms with E-state index in [9.17, 15) is 0 Å².